The lowest BCUT2D eigenvalue weighted by atomic mass is 9.85. The molecule has 2 atom stereocenters. The van der Waals surface area contributed by atoms with Gasteiger partial charge in [0.05, 0.1) is 5.39 Å². The number of thiophene rings is 1. The summed E-state index contributed by atoms with van der Waals surface area (Å²) in [5, 5.41) is 6.64. The molecule has 4 rings (SSSR count). The third-order valence-corrected chi connectivity index (χ3v) is 5.73. The van der Waals surface area contributed by atoms with E-state index in [9.17, 15) is 0 Å². The van der Waals surface area contributed by atoms with Gasteiger partial charge in [0.25, 0.3) is 0 Å². The molecular formula is C16H22N4S. The van der Waals surface area contributed by atoms with Gasteiger partial charge < -0.3 is 10.2 Å². The monoisotopic (exact) mass is 302 g/mol. The molecule has 1 saturated carbocycles. The van der Waals surface area contributed by atoms with Crippen LogP contribution in [0.5, 0.6) is 0 Å². The molecule has 0 bridgehead atoms. The first-order valence-corrected chi connectivity index (χ1v) is 9.00. The fourth-order valence-electron chi connectivity index (χ4n) is 3.96. The summed E-state index contributed by atoms with van der Waals surface area (Å²) in [6.45, 7) is 4.11. The van der Waals surface area contributed by atoms with Gasteiger partial charge >= 0.3 is 0 Å². The van der Waals surface area contributed by atoms with Crippen molar-refractivity contribution in [1.29, 1.82) is 0 Å². The predicted octanol–water partition coefficient (Wildman–Crippen LogP) is 3.89. The lowest BCUT2D eigenvalue weighted by molar-refractivity contribution is 0.341. The smallest absolute Gasteiger partial charge is 0.226 e. The summed E-state index contributed by atoms with van der Waals surface area (Å²) in [6.07, 6.45) is 6.84. The molecule has 1 aliphatic heterocycles. The summed E-state index contributed by atoms with van der Waals surface area (Å²) in [5.74, 6) is 2.82. The molecule has 0 aromatic carbocycles. The molecular weight excluding hydrogens is 280 g/mol. The van der Waals surface area contributed by atoms with Crippen molar-refractivity contribution in [1.82, 2.24) is 9.97 Å². The van der Waals surface area contributed by atoms with Crippen molar-refractivity contribution in [3.05, 3.63) is 11.4 Å². The summed E-state index contributed by atoms with van der Waals surface area (Å²) in [4.78, 5) is 13.2. The minimum absolute atomic E-state index is 0.700. The molecule has 2 aromatic heterocycles. The van der Waals surface area contributed by atoms with Crippen molar-refractivity contribution in [2.75, 3.05) is 23.3 Å². The van der Waals surface area contributed by atoms with Gasteiger partial charge in [-0.15, -0.1) is 11.3 Å². The topological polar surface area (TPSA) is 41.1 Å². The van der Waals surface area contributed by atoms with E-state index in [4.69, 9.17) is 4.98 Å². The van der Waals surface area contributed by atoms with Gasteiger partial charge in [-0.2, -0.15) is 4.98 Å². The van der Waals surface area contributed by atoms with Crippen molar-refractivity contribution in [2.45, 2.75) is 45.1 Å². The lowest BCUT2D eigenvalue weighted by Gasteiger charge is -2.32. The Morgan fingerprint density at radius 3 is 3.10 bits per heavy atom. The van der Waals surface area contributed by atoms with Crippen LogP contribution in [0.25, 0.3) is 10.2 Å². The van der Waals surface area contributed by atoms with E-state index < -0.39 is 0 Å². The summed E-state index contributed by atoms with van der Waals surface area (Å²) in [5.41, 5.74) is 0. The number of rotatable bonds is 3. The summed E-state index contributed by atoms with van der Waals surface area (Å²) in [7, 11) is 0. The average molecular weight is 302 g/mol. The summed E-state index contributed by atoms with van der Waals surface area (Å²) < 4.78 is 0. The van der Waals surface area contributed by atoms with Crippen LogP contribution >= 0.6 is 11.3 Å². The standard InChI is InChI=1S/C16H22N4S/c1-2-17-16-18-14(12-8-10-21-15(12)19-16)20-9-7-11-5-3-4-6-13(11)20/h8,10-11,13H,2-7,9H2,1H3,(H,17,18,19). The zero-order valence-corrected chi connectivity index (χ0v) is 13.3. The molecule has 4 nitrogen and oxygen atoms in total. The molecule has 2 aliphatic rings. The van der Waals surface area contributed by atoms with Crippen molar-refractivity contribution < 1.29 is 0 Å². The Morgan fingerprint density at radius 2 is 2.19 bits per heavy atom. The maximum Gasteiger partial charge on any atom is 0.226 e. The molecule has 0 radical (unpaired) electrons. The molecule has 1 aliphatic carbocycles. The second-order valence-corrected chi connectivity index (χ2v) is 7.03. The molecule has 112 valence electrons. The molecule has 0 amide bonds. The predicted molar refractivity (Wildman–Crippen MR) is 89.3 cm³/mol. The van der Waals surface area contributed by atoms with Crippen LogP contribution in [0.2, 0.25) is 0 Å². The van der Waals surface area contributed by atoms with Crippen LogP contribution in [0.3, 0.4) is 0 Å². The molecule has 1 saturated heterocycles. The quantitative estimate of drug-likeness (QED) is 0.934. The Morgan fingerprint density at radius 1 is 1.29 bits per heavy atom. The molecule has 0 spiro atoms. The second kappa shape index (κ2) is 5.44. The van der Waals surface area contributed by atoms with Crippen molar-refractivity contribution in [3.8, 4) is 0 Å². The van der Waals surface area contributed by atoms with E-state index >= 15 is 0 Å². The van der Waals surface area contributed by atoms with Crippen LogP contribution < -0.4 is 10.2 Å². The van der Waals surface area contributed by atoms with Gasteiger partial charge in [-0.25, -0.2) is 4.98 Å². The van der Waals surface area contributed by atoms with E-state index in [0.29, 0.717) is 6.04 Å². The molecule has 1 N–H and O–H groups in total. The lowest BCUT2D eigenvalue weighted by Crippen LogP contribution is -2.35. The number of nitrogens with zero attached hydrogens (tertiary/aromatic N) is 3. The highest BCUT2D eigenvalue weighted by Crippen LogP contribution is 2.41. The highest BCUT2D eigenvalue weighted by Gasteiger charge is 2.37. The maximum atomic E-state index is 4.85. The van der Waals surface area contributed by atoms with Crippen LogP contribution in [0, 0.1) is 5.92 Å². The number of nitrogens with one attached hydrogen (secondary N) is 1. The van der Waals surface area contributed by atoms with Crippen LogP contribution in [0.15, 0.2) is 11.4 Å². The number of aromatic nitrogens is 2. The van der Waals surface area contributed by atoms with Crippen LogP contribution in [0.1, 0.15) is 39.0 Å². The highest BCUT2D eigenvalue weighted by molar-refractivity contribution is 7.16. The zero-order chi connectivity index (χ0) is 14.2. The van der Waals surface area contributed by atoms with Gasteiger partial charge in [0.15, 0.2) is 0 Å². The Balaban J connectivity index is 1.76. The highest BCUT2D eigenvalue weighted by atomic mass is 32.1. The molecule has 21 heavy (non-hydrogen) atoms. The Bertz CT molecular complexity index is 638. The number of hydrogen-bond acceptors (Lipinski definition) is 5. The number of fused-ring (bicyclic) bond motifs is 2. The summed E-state index contributed by atoms with van der Waals surface area (Å²) >= 11 is 1.71. The largest absolute Gasteiger partial charge is 0.354 e. The SMILES string of the molecule is CCNc1nc(N2CCC3CCCCC32)c2ccsc2n1. The van der Waals surface area contributed by atoms with Gasteiger partial charge in [-0.3, -0.25) is 0 Å². The normalized spacial score (nSPS) is 25.3. The van der Waals surface area contributed by atoms with Crippen molar-refractivity contribution >= 4 is 33.3 Å². The summed E-state index contributed by atoms with van der Waals surface area (Å²) in [6, 6.07) is 2.88. The molecule has 2 unspecified atom stereocenters. The third-order valence-electron chi connectivity index (χ3n) is 4.92. The number of anilines is 2. The van der Waals surface area contributed by atoms with E-state index in [2.05, 4.69) is 33.6 Å². The Hall–Kier alpha value is -1.36. The van der Waals surface area contributed by atoms with Crippen LogP contribution in [-0.4, -0.2) is 29.1 Å². The first-order valence-electron chi connectivity index (χ1n) is 8.12. The van der Waals surface area contributed by atoms with E-state index in [1.807, 2.05) is 0 Å². The van der Waals surface area contributed by atoms with E-state index in [1.54, 1.807) is 11.3 Å². The van der Waals surface area contributed by atoms with Gasteiger partial charge in [0.1, 0.15) is 10.6 Å². The maximum absolute atomic E-state index is 4.85. The first-order chi connectivity index (χ1) is 10.4. The second-order valence-electron chi connectivity index (χ2n) is 6.13. The van der Waals surface area contributed by atoms with E-state index in [1.165, 1.54) is 37.5 Å². The number of hydrogen-bond donors (Lipinski definition) is 1. The Labute approximate surface area is 129 Å². The third kappa shape index (κ3) is 2.27. The zero-order valence-electron chi connectivity index (χ0n) is 12.5. The van der Waals surface area contributed by atoms with Crippen LogP contribution in [0.4, 0.5) is 11.8 Å². The van der Waals surface area contributed by atoms with Crippen molar-refractivity contribution in [2.24, 2.45) is 5.92 Å². The fraction of sp³-hybridized carbons (Fsp3) is 0.625. The van der Waals surface area contributed by atoms with Gasteiger partial charge in [-0.1, -0.05) is 12.8 Å². The first kappa shape index (κ1) is 13.3. The Kier molecular flexibility index (Phi) is 3.45. The van der Waals surface area contributed by atoms with E-state index in [0.717, 1.165) is 35.6 Å². The van der Waals surface area contributed by atoms with Gasteiger partial charge in [0, 0.05) is 19.1 Å². The van der Waals surface area contributed by atoms with E-state index in [-0.39, 0.29) is 0 Å². The molecule has 3 heterocycles. The molecule has 2 fully saturated rings. The fourth-order valence-corrected chi connectivity index (χ4v) is 4.72. The molecule has 5 heteroatoms. The minimum atomic E-state index is 0.700. The average Bonchev–Trinajstić information content (AvgIpc) is 3.13. The van der Waals surface area contributed by atoms with Gasteiger partial charge in [-0.05, 0) is 43.6 Å². The van der Waals surface area contributed by atoms with Gasteiger partial charge in [0.2, 0.25) is 5.95 Å². The minimum Gasteiger partial charge on any atom is -0.354 e. The van der Waals surface area contributed by atoms with Crippen molar-refractivity contribution in [3.63, 3.8) is 0 Å². The molecule has 2 aromatic rings. The van der Waals surface area contributed by atoms with Crippen LogP contribution in [-0.2, 0) is 0 Å².